The van der Waals surface area contributed by atoms with Crippen molar-refractivity contribution in [1.82, 2.24) is 20.3 Å². The lowest BCUT2D eigenvalue weighted by Crippen LogP contribution is -2.20. The molecule has 0 radical (unpaired) electrons. The number of carbonyl (C=O) groups excluding carboxylic acids is 1. The summed E-state index contributed by atoms with van der Waals surface area (Å²) in [5.74, 6) is 1.99. The maximum Gasteiger partial charge on any atom is 0.416 e. The SMILES string of the molecule is COc1cc(CNC(=O)/C=C/C=C/c2ccc3c(c2)OCO3)ccc1OCc1cn(-c2cccc(C(F)(F)F)c2)nn1. The van der Waals surface area contributed by atoms with E-state index in [9.17, 15) is 18.0 Å². The number of hydrogen-bond donors (Lipinski definition) is 1. The lowest BCUT2D eigenvalue weighted by atomic mass is 10.2. The number of ether oxygens (including phenoxy) is 4. The molecule has 0 saturated carbocycles. The van der Waals surface area contributed by atoms with E-state index < -0.39 is 11.7 Å². The van der Waals surface area contributed by atoms with E-state index >= 15 is 0 Å². The molecule has 9 nitrogen and oxygen atoms in total. The van der Waals surface area contributed by atoms with Crippen molar-refractivity contribution in [3.63, 3.8) is 0 Å². The molecule has 2 heterocycles. The first-order chi connectivity index (χ1) is 20.3. The Bertz CT molecular complexity index is 1630. The minimum Gasteiger partial charge on any atom is -0.493 e. The van der Waals surface area contributed by atoms with Gasteiger partial charge < -0.3 is 24.3 Å². The molecule has 1 aromatic heterocycles. The summed E-state index contributed by atoms with van der Waals surface area (Å²) < 4.78 is 62.2. The van der Waals surface area contributed by atoms with E-state index in [2.05, 4.69) is 15.6 Å². The molecular weight excluding hydrogens is 553 g/mol. The van der Waals surface area contributed by atoms with Crippen molar-refractivity contribution in [2.24, 2.45) is 0 Å². The lowest BCUT2D eigenvalue weighted by Gasteiger charge is -2.11. The average molecular weight is 579 g/mol. The summed E-state index contributed by atoms with van der Waals surface area (Å²) in [5.41, 5.74) is 1.56. The molecule has 3 aromatic carbocycles. The van der Waals surface area contributed by atoms with Gasteiger partial charge in [0, 0.05) is 12.6 Å². The van der Waals surface area contributed by atoms with Gasteiger partial charge in [0.2, 0.25) is 12.7 Å². The van der Waals surface area contributed by atoms with Crippen LogP contribution in [-0.4, -0.2) is 34.8 Å². The van der Waals surface area contributed by atoms with E-state index in [4.69, 9.17) is 18.9 Å². The van der Waals surface area contributed by atoms with Gasteiger partial charge in [-0.05, 0) is 53.6 Å². The highest BCUT2D eigenvalue weighted by molar-refractivity contribution is 5.87. The minimum atomic E-state index is -4.46. The first-order valence-corrected chi connectivity index (χ1v) is 12.7. The summed E-state index contributed by atoms with van der Waals surface area (Å²) in [6, 6.07) is 15.6. The zero-order valence-electron chi connectivity index (χ0n) is 22.3. The highest BCUT2D eigenvalue weighted by atomic mass is 19.4. The van der Waals surface area contributed by atoms with Crippen molar-refractivity contribution in [2.75, 3.05) is 13.9 Å². The molecule has 42 heavy (non-hydrogen) atoms. The molecule has 1 amide bonds. The molecule has 4 aromatic rings. The van der Waals surface area contributed by atoms with E-state index in [0.717, 1.165) is 23.3 Å². The monoisotopic (exact) mass is 578 g/mol. The predicted molar refractivity (Wildman–Crippen MR) is 146 cm³/mol. The number of alkyl halides is 3. The Morgan fingerprint density at radius 2 is 1.90 bits per heavy atom. The second kappa shape index (κ2) is 12.5. The number of benzene rings is 3. The topological polar surface area (TPSA) is 96.7 Å². The van der Waals surface area contributed by atoms with Crippen LogP contribution < -0.4 is 24.3 Å². The summed E-state index contributed by atoms with van der Waals surface area (Å²) in [6.07, 6.45) is 3.69. The third kappa shape index (κ3) is 7.08. The molecule has 5 rings (SSSR count). The van der Waals surface area contributed by atoms with Crippen LogP contribution in [0.1, 0.15) is 22.4 Å². The summed E-state index contributed by atoms with van der Waals surface area (Å²) in [5, 5.41) is 10.7. The molecule has 1 N–H and O–H groups in total. The molecule has 0 spiro atoms. The van der Waals surface area contributed by atoms with E-state index in [1.807, 2.05) is 24.3 Å². The predicted octanol–water partition coefficient (Wildman–Crippen LogP) is 5.49. The van der Waals surface area contributed by atoms with Crippen molar-refractivity contribution < 1.29 is 36.9 Å². The molecule has 0 unspecified atom stereocenters. The van der Waals surface area contributed by atoms with Crippen LogP contribution in [0.25, 0.3) is 11.8 Å². The molecule has 0 saturated heterocycles. The Balaban J connectivity index is 1.12. The maximum absolute atomic E-state index is 13.0. The van der Waals surface area contributed by atoms with Gasteiger partial charge in [0.05, 0.1) is 24.6 Å². The molecule has 0 atom stereocenters. The minimum absolute atomic E-state index is 0.00990. The van der Waals surface area contributed by atoms with Crippen LogP contribution in [0.3, 0.4) is 0 Å². The Morgan fingerprint density at radius 1 is 1.05 bits per heavy atom. The summed E-state index contributed by atoms with van der Waals surface area (Å²) in [4.78, 5) is 12.2. The second-order valence-corrected chi connectivity index (χ2v) is 9.03. The molecule has 12 heteroatoms. The average Bonchev–Trinajstić information content (AvgIpc) is 3.66. The van der Waals surface area contributed by atoms with Crippen LogP contribution in [0.4, 0.5) is 13.2 Å². The number of allylic oxidation sites excluding steroid dienone is 2. The van der Waals surface area contributed by atoms with Gasteiger partial charge >= 0.3 is 6.18 Å². The fourth-order valence-corrected chi connectivity index (χ4v) is 3.98. The summed E-state index contributed by atoms with van der Waals surface area (Å²) >= 11 is 0. The molecular formula is C30H25F3N4O5. The van der Waals surface area contributed by atoms with Gasteiger partial charge in [0.1, 0.15) is 12.3 Å². The Labute approximate surface area is 238 Å². The molecule has 0 aliphatic carbocycles. The molecule has 0 fully saturated rings. The van der Waals surface area contributed by atoms with Crippen LogP contribution in [-0.2, 0) is 24.1 Å². The number of amides is 1. The number of nitrogens with zero attached hydrogens (tertiary/aromatic N) is 3. The molecule has 1 aliphatic rings. The third-order valence-electron chi connectivity index (χ3n) is 6.09. The zero-order valence-corrected chi connectivity index (χ0v) is 22.3. The smallest absolute Gasteiger partial charge is 0.416 e. The summed E-state index contributed by atoms with van der Waals surface area (Å²) in [7, 11) is 1.49. The highest BCUT2D eigenvalue weighted by Gasteiger charge is 2.30. The van der Waals surface area contributed by atoms with Crippen molar-refractivity contribution >= 4 is 12.0 Å². The normalized spacial score (nSPS) is 12.7. The Hall–Kier alpha value is -5.26. The van der Waals surface area contributed by atoms with Gasteiger partial charge in [-0.1, -0.05) is 41.6 Å². The van der Waals surface area contributed by atoms with Crippen molar-refractivity contribution in [3.05, 3.63) is 107 Å². The van der Waals surface area contributed by atoms with E-state index in [0.29, 0.717) is 28.7 Å². The first-order valence-electron chi connectivity index (χ1n) is 12.7. The largest absolute Gasteiger partial charge is 0.493 e. The fraction of sp³-hybridized carbons (Fsp3) is 0.167. The number of methoxy groups -OCH3 is 1. The highest BCUT2D eigenvalue weighted by Crippen LogP contribution is 2.33. The van der Waals surface area contributed by atoms with Crippen LogP contribution in [0.5, 0.6) is 23.0 Å². The number of rotatable bonds is 10. The molecule has 0 bridgehead atoms. The van der Waals surface area contributed by atoms with Crippen molar-refractivity contribution in [3.8, 4) is 28.7 Å². The zero-order chi connectivity index (χ0) is 29.5. The van der Waals surface area contributed by atoms with E-state index in [1.54, 1.807) is 30.4 Å². The first kappa shape index (κ1) is 28.3. The Morgan fingerprint density at radius 3 is 2.74 bits per heavy atom. The van der Waals surface area contributed by atoms with Gasteiger partial charge in [-0.15, -0.1) is 5.10 Å². The number of aromatic nitrogens is 3. The van der Waals surface area contributed by atoms with E-state index in [1.165, 1.54) is 36.2 Å². The third-order valence-corrected chi connectivity index (χ3v) is 6.09. The van der Waals surface area contributed by atoms with Gasteiger partial charge in [-0.3, -0.25) is 4.79 Å². The van der Waals surface area contributed by atoms with Crippen molar-refractivity contribution in [1.29, 1.82) is 0 Å². The van der Waals surface area contributed by atoms with Crippen LogP contribution in [0, 0.1) is 0 Å². The number of carbonyl (C=O) groups is 1. The van der Waals surface area contributed by atoms with Gasteiger partial charge in [0.25, 0.3) is 0 Å². The maximum atomic E-state index is 13.0. The standard InChI is InChI=1S/C30H25F3N4O5/c1-39-27-14-21(16-34-29(38)8-3-2-5-20-9-11-26-28(13-20)42-19-41-26)10-12-25(27)40-18-23-17-37(36-35-23)24-7-4-6-22(15-24)30(31,32)33/h2-15,17H,16,18-19H2,1H3,(H,34,38)/b5-2+,8-3+. The van der Waals surface area contributed by atoms with Crippen LogP contribution in [0.2, 0.25) is 0 Å². The Kier molecular flexibility index (Phi) is 8.42. The van der Waals surface area contributed by atoms with Gasteiger partial charge in [-0.2, -0.15) is 13.2 Å². The fourth-order valence-electron chi connectivity index (χ4n) is 3.98. The number of hydrogen-bond acceptors (Lipinski definition) is 7. The van der Waals surface area contributed by atoms with Crippen molar-refractivity contribution in [2.45, 2.75) is 19.3 Å². The van der Waals surface area contributed by atoms with Gasteiger partial charge in [0.15, 0.2) is 23.0 Å². The lowest BCUT2D eigenvalue weighted by molar-refractivity contribution is -0.137. The number of nitrogens with one attached hydrogen (secondary N) is 1. The van der Waals surface area contributed by atoms with Gasteiger partial charge in [-0.25, -0.2) is 4.68 Å². The molecule has 216 valence electrons. The quantitative estimate of drug-likeness (QED) is 0.196. The van der Waals surface area contributed by atoms with Crippen LogP contribution >= 0.6 is 0 Å². The van der Waals surface area contributed by atoms with E-state index in [-0.39, 0.29) is 31.5 Å². The second-order valence-electron chi connectivity index (χ2n) is 9.03. The number of fused-ring (bicyclic) bond motifs is 1. The summed E-state index contributed by atoms with van der Waals surface area (Å²) in [6.45, 7) is 0.482. The van der Waals surface area contributed by atoms with Crippen LogP contribution in [0.15, 0.2) is 85.1 Å². The molecule has 1 aliphatic heterocycles. The number of halogens is 3.